The number of benzene rings is 1. The third-order valence-electron chi connectivity index (χ3n) is 1.87. The van der Waals surface area contributed by atoms with Crippen LogP contribution in [0.15, 0.2) is 12.1 Å². The van der Waals surface area contributed by atoms with Crippen LogP contribution in [-0.4, -0.2) is 20.3 Å². The molecule has 3 nitrogen and oxygen atoms in total. The number of nitrogens with two attached hydrogens (primary N) is 1. The number of carbonyl (C=O) groups excluding carboxylic acids is 1. The van der Waals surface area contributed by atoms with Gasteiger partial charge >= 0.3 is 0 Å². The van der Waals surface area contributed by atoms with Crippen molar-refractivity contribution in [3.05, 3.63) is 27.7 Å². The molecule has 1 radical (unpaired) electrons. The SMILES string of the molecule is COC(=O)[B]Cc1c(N)cc(Cl)cc1Cl. The second-order valence-electron chi connectivity index (χ2n) is 2.89. The van der Waals surface area contributed by atoms with Crippen molar-refractivity contribution in [2.24, 2.45) is 0 Å². The predicted octanol–water partition coefficient (Wildman–Crippen LogP) is 2.55. The molecule has 6 heteroatoms. The first-order chi connectivity index (χ1) is 7.04. The molecule has 0 heterocycles. The van der Waals surface area contributed by atoms with Gasteiger partial charge in [-0.3, -0.25) is 4.79 Å². The largest absolute Gasteiger partial charge is 0.477 e. The van der Waals surface area contributed by atoms with Crippen LogP contribution in [0.1, 0.15) is 5.56 Å². The van der Waals surface area contributed by atoms with Gasteiger partial charge in [-0.05, 0) is 24.0 Å². The van der Waals surface area contributed by atoms with Gasteiger partial charge in [-0.2, -0.15) is 0 Å². The molecule has 0 aliphatic rings. The Kier molecular flexibility index (Phi) is 4.30. The normalized spacial score (nSPS) is 9.80. The van der Waals surface area contributed by atoms with E-state index in [0.717, 1.165) is 0 Å². The number of hydrogen-bond acceptors (Lipinski definition) is 3. The minimum atomic E-state index is -0.416. The summed E-state index contributed by atoms with van der Waals surface area (Å²) in [7, 11) is 2.68. The van der Waals surface area contributed by atoms with Crippen LogP contribution in [0.2, 0.25) is 10.0 Å². The highest BCUT2D eigenvalue weighted by molar-refractivity contribution is 6.71. The van der Waals surface area contributed by atoms with Gasteiger partial charge in [-0.25, -0.2) is 0 Å². The van der Waals surface area contributed by atoms with Crippen LogP contribution < -0.4 is 5.73 Å². The highest BCUT2D eigenvalue weighted by atomic mass is 35.5. The van der Waals surface area contributed by atoms with E-state index in [1.54, 1.807) is 12.1 Å². The van der Waals surface area contributed by atoms with Crippen molar-refractivity contribution >= 4 is 42.0 Å². The fraction of sp³-hybridized carbons (Fsp3) is 0.222. The average molecular weight is 245 g/mol. The van der Waals surface area contributed by atoms with Crippen LogP contribution in [0.25, 0.3) is 0 Å². The Morgan fingerprint density at radius 3 is 2.73 bits per heavy atom. The van der Waals surface area contributed by atoms with Crippen molar-refractivity contribution in [2.75, 3.05) is 12.8 Å². The Hall–Kier alpha value is -0.865. The van der Waals surface area contributed by atoms with E-state index in [0.29, 0.717) is 27.6 Å². The van der Waals surface area contributed by atoms with E-state index in [2.05, 4.69) is 4.74 Å². The van der Waals surface area contributed by atoms with Crippen LogP contribution in [0.3, 0.4) is 0 Å². The monoisotopic (exact) mass is 244 g/mol. The number of nitrogen functional groups attached to an aromatic ring is 1. The number of anilines is 1. The van der Waals surface area contributed by atoms with Crippen molar-refractivity contribution in [3.63, 3.8) is 0 Å². The van der Waals surface area contributed by atoms with Crippen molar-refractivity contribution in [1.82, 2.24) is 0 Å². The third-order valence-corrected chi connectivity index (χ3v) is 2.42. The molecule has 15 heavy (non-hydrogen) atoms. The molecule has 0 aliphatic carbocycles. The molecule has 0 aliphatic heterocycles. The quantitative estimate of drug-likeness (QED) is 0.657. The van der Waals surface area contributed by atoms with E-state index >= 15 is 0 Å². The number of ether oxygens (including phenoxy) is 1. The Labute approximate surface area is 98.7 Å². The number of halogens is 2. The Morgan fingerprint density at radius 1 is 1.53 bits per heavy atom. The topological polar surface area (TPSA) is 52.3 Å². The lowest BCUT2D eigenvalue weighted by atomic mass is 9.72. The molecular formula is C9H9BCl2NO2. The molecule has 1 aromatic rings. The van der Waals surface area contributed by atoms with Crippen LogP contribution in [0.4, 0.5) is 10.5 Å². The zero-order valence-corrected chi connectivity index (χ0v) is 9.60. The Bertz CT molecular complexity index is 361. The summed E-state index contributed by atoms with van der Waals surface area (Å²) in [6.45, 7) is 0. The molecule has 0 atom stereocenters. The highest BCUT2D eigenvalue weighted by Crippen LogP contribution is 2.27. The lowest BCUT2D eigenvalue weighted by Gasteiger charge is -2.07. The summed E-state index contributed by atoms with van der Waals surface area (Å²) in [5.41, 5.74) is 6.85. The summed E-state index contributed by atoms with van der Waals surface area (Å²) < 4.78 is 4.47. The first kappa shape index (κ1) is 12.2. The van der Waals surface area contributed by atoms with Crippen molar-refractivity contribution in [2.45, 2.75) is 6.32 Å². The number of carbonyl (C=O) groups is 1. The van der Waals surface area contributed by atoms with E-state index in [-0.39, 0.29) is 0 Å². The summed E-state index contributed by atoms with van der Waals surface area (Å²) >= 11 is 11.7. The first-order valence-electron chi connectivity index (χ1n) is 4.19. The molecule has 0 unspecified atom stereocenters. The van der Waals surface area contributed by atoms with E-state index < -0.39 is 5.87 Å². The minimum Gasteiger partial charge on any atom is -0.477 e. The van der Waals surface area contributed by atoms with Gasteiger partial charge in [0.25, 0.3) is 7.28 Å². The summed E-state index contributed by atoms with van der Waals surface area (Å²) in [6, 6.07) is 3.17. The number of hydrogen-bond donors (Lipinski definition) is 1. The fourth-order valence-electron chi connectivity index (χ4n) is 1.11. The first-order valence-corrected chi connectivity index (χ1v) is 4.94. The van der Waals surface area contributed by atoms with E-state index in [1.807, 2.05) is 0 Å². The fourth-order valence-corrected chi connectivity index (χ4v) is 1.69. The Balaban J connectivity index is 2.81. The maximum atomic E-state index is 10.9. The van der Waals surface area contributed by atoms with E-state index in [1.165, 1.54) is 14.4 Å². The second-order valence-corrected chi connectivity index (χ2v) is 3.73. The van der Waals surface area contributed by atoms with Gasteiger partial charge in [0.15, 0.2) is 0 Å². The van der Waals surface area contributed by atoms with Crippen molar-refractivity contribution < 1.29 is 9.53 Å². The molecule has 0 saturated heterocycles. The molecule has 1 rings (SSSR count). The van der Waals surface area contributed by atoms with Gasteiger partial charge in [-0.15, -0.1) is 0 Å². The molecule has 2 N–H and O–H groups in total. The van der Waals surface area contributed by atoms with Crippen molar-refractivity contribution in [3.8, 4) is 0 Å². The Morgan fingerprint density at radius 2 is 2.20 bits per heavy atom. The molecule has 0 saturated carbocycles. The summed E-state index contributed by atoms with van der Waals surface area (Å²) in [4.78, 5) is 10.9. The lowest BCUT2D eigenvalue weighted by molar-refractivity contribution is 0.197. The van der Waals surface area contributed by atoms with Crippen molar-refractivity contribution in [1.29, 1.82) is 0 Å². The number of rotatable bonds is 3. The van der Waals surface area contributed by atoms with E-state index in [9.17, 15) is 4.79 Å². The zero-order chi connectivity index (χ0) is 11.4. The van der Waals surface area contributed by atoms with E-state index in [4.69, 9.17) is 28.9 Å². The molecule has 0 fully saturated rings. The van der Waals surface area contributed by atoms with Gasteiger partial charge in [0, 0.05) is 15.7 Å². The molecule has 0 amide bonds. The average Bonchev–Trinajstić information content (AvgIpc) is 2.15. The van der Waals surface area contributed by atoms with Crippen LogP contribution >= 0.6 is 23.2 Å². The molecule has 0 aromatic heterocycles. The second kappa shape index (κ2) is 5.28. The molecule has 0 spiro atoms. The van der Waals surface area contributed by atoms with Gasteiger partial charge in [0.1, 0.15) is 0 Å². The highest BCUT2D eigenvalue weighted by Gasteiger charge is 2.11. The molecule has 79 valence electrons. The predicted molar refractivity (Wildman–Crippen MR) is 62.7 cm³/mol. The van der Waals surface area contributed by atoms with Gasteiger partial charge in [0.05, 0.1) is 7.11 Å². The third kappa shape index (κ3) is 3.32. The number of methoxy groups -OCH3 is 1. The van der Waals surface area contributed by atoms with Crippen LogP contribution in [0.5, 0.6) is 0 Å². The summed E-state index contributed by atoms with van der Waals surface area (Å²) in [5.74, 6) is -0.416. The molecule has 1 aromatic carbocycles. The minimum absolute atomic E-state index is 0.328. The lowest BCUT2D eigenvalue weighted by Crippen LogP contribution is -2.13. The van der Waals surface area contributed by atoms with Crippen LogP contribution in [0, 0.1) is 0 Å². The van der Waals surface area contributed by atoms with Gasteiger partial charge < -0.3 is 10.5 Å². The van der Waals surface area contributed by atoms with Gasteiger partial charge in [-0.1, -0.05) is 23.2 Å². The maximum absolute atomic E-state index is 10.9. The molecular weight excluding hydrogens is 236 g/mol. The summed E-state index contributed by atoms with van der Waals surface area (Å²) in [6.07, 6.45) is 0.328. The van der Waals surface area contributed by atoms with Crippen LogP contribution in [-0.2, 0) is 11.1 Å². The molecule has 0 bridgehead atoms. The zero-order valence-electron chi connectivity index (χ0n) is 8.09. The maximum Gasteiger partial charge on any atom is 0.265 e. The summed E-state index contributed by atoms with van der Waals surface area (Å²) in [5, 5.41) is 0.916. The smallest absolute Gasteiger partial charge is 0.265 e. The standard InChI is InChI=1S/C9H9BCl2NO2/c1-15-9(14)10-4-6-7(12)2-5(11)3-8(6)13/h2-3H,4,13H2,1H3. The van der Waals surface area contributed by atoms with Gasteiger partial charge in [0.2, 0.25) is 5.87 Å².